The van der Waals surface area contributed by atoms with E-state index in [9.17, 15) is 4.79 Å². The van der Waals surface area contributed by atoms with E-state index in [1.165, 1.54) is 12.5 Å². The highest BCUT2D eigenvalue weighted by molar-refractivity contribution is 5.72. The molecule has 0 saturated heterocycles. The van der Waals surface area contributed by atoms with Gasteiger partial charge in [0.2, 0.25) is 5.91 Å². The van der Waals surface area contributed by atoms with Crippen LogP contribution in [0.2, 0.25) is 0 Å². The van der Waals surface area contributed by atoms with Gasteiger partial charge >= 0.3 is 0 Å². The summed E-state index contributed by atoms with van der Waals surface area (Å²) in [6.07, 6.45) is 0.852. The second kappa shape index (κ2) is 5.54. The summed E-state index contributed by atoms with van der Waals surface area (Å²) in [7, 11) is 1.69. The van der Waals surface area contributed by atoms with E-state index in [4.69, 9.17) is 4.74 Å². The molecule has 0 aliphatic carbocycles. The summed E-state index contributed by atoms with van der Waals surface area (Å²) < 4.78 is 5.30. The molecule has 0 aromatic heterocycles. The molecule has 0 saturated carbocycles. The van der Waals surface area contributed by atoms with Gasteiger partial charge in [0, 0.05) is 13.5 Å². The average Bonchev–Trinajstić information content (AvgIpc) is 2.16. The maximum atomic E-state index is 10.7. The van der Waals surface area contributed by atoms with Crippen molar-refractivity contribution in [2.45, 2.75) is 27.2 Å². The van der Waals surface area contributed by atoms with Gasteiger partial charge in [-0.15, -0.1) is 0 Å². The van der Waals surface area contributed by atoms with Gasteiger partial charge in [-0.3, -0.25) is 4.79 Å². The molecule has 1 N–H and O–H groups in total. The van der Waals surface area contributed by atoms with E-state index in [-0.39, 0.29) is 5.91 Å². The smallest absolute Gasteiger partial charge is 0.216 e. The van der Waals surface area contributed by atoms with Crippen LogP contribution in [0.25, 0.3) is 0 Å². The summed E-state index contributed by atoms with van der Waals surface area (Å²) in [4.78, 5) is 10.7. The molecule has 16 heavy (non-hydrogen) atoms. The molecule has 3 heteroatoms. The Morgan fingerprint density at radius 2 is 1.88 bits per heavy atom. The van der Waals surface area contributed by atoms with Crippen LogP contribution < -0.4 is 10.1 Å². The normalized spacial score (nSPS) is 10.0. The molecule has 1 aromatic rings. The lowest BCUT2D eigenvalue weighted by Gasteiger charge is -2.11. The molecular formula is C13H19NO2. The minimum atomic E-state index is 0.0157. The summed E-state index contributed by atoms with van der Waals surface area (Å²) in [6, 6.07) is 4.21. The van der Waals surface area contributed by atoms with Crippen LogP contribution >= 0.6 is 0 Å². The summed E-state index contributed by atoms with van der Waals surface area (Å²) in [5, 5.41) is 2.79. The number of methoxy groups -OCH3 is 1. The van der Waals surface area contributed by atoms with Gasteiger partial charge in [0.1, 0.15) is 5.75 Å². The van der Waals surface area contributed by atoms with Gasteiger partial charge in [0.05, 0.1) is 7.11 Å². The molecule has 1 rings (SSSR count). The number of carbonyl (C=O) groups is 1. The Labute approximate surface area is 96.8 Å². The van der Waals surface area contributed by atoms with Crippen LogP contribution in [0.5, 0.6) is 5.75 Å². The van der Waals surface area contributed by atoms with E-state index in [0.717, 1.165) is 23.3 Å². The molecule has 0 bridgehead atoms. The number of carbonyl (C=O) groups excluding carboxylic acids is 1. The fourth-order valence-corrected chi connectivity index (χ4v) is 1.89. The lowest BCUT2D eigenvalue weighted by atomic mass is 10.0. The molecule has 0 atom stereocenters. The Balaban J connectivity index is 2.72. The van der Waals surface area contributed by atoms with Gasteiger partial charge in [0.25, 0.3) is 0 Å². The number of ether oxygens (including phenoxy) is 1. The maximum Gasteiger partial charge on any atom is 0.216 e. The van der Waals surface area contributed by atoms with Crippen LogP contribution in [-0.4, -0.2) is 19.6 Å². The molecule has 88 valence electrons. The molecule has 0 radical (unpaired) electrons. The first kappa shape index (κ1) is 12.6. The van der Waals surface area contributed by atoms with Crippen LogP contribution in [0.4, 0.5) is 0 Å². The van der Waals surface area contributed by atoms with Crippen LogP contribution in [0, 0.1) is 13.8 Å². The van der Waals surface area contributed by atoms with Crippen molar-refractivity contribution in [2.24, 2.45) is 0 Å². The average molecular weight is 221 g/mol. The number of hydrogen-bond donors (Lipinski definition) is 1. The lowest BCUT2D eigenvalue weighted by Crippen LogP contribution is -2.22. The topological polar surface area (TPSA) is 38.3 Å². The predicted octanol–water partition coefficient (Wildman–Crippen LogP) is 1.99. The molecule has 1 aromatic carbocycles. The lowest BCUT2D eigenvalue weighted by molar-refractivity contribution is -0.118. The highest BCUT2D eigenvalue weighted by atomic mass is 16.5. The molecular weight excluding hydrogens is 202 g/mol. The molecule has 0 spiro atoms. The number of nitrogens with one attached hydrogen (secondary N) is 1. The van der Waals surface area contributed by atoms with Crippen molar-refractivity contribution in [1.29, 1.82) is 0 Å². The molecule has 0 fully saturated rings. The van der Waals surface area contributed by atoms with Crippen molar-refractivity contribution in [3.63, 3.8) is 0 Å². The second-order valence-electron chi connectivity index (χ2n) is 4.00. The van der Waals surface area contributed by atoms with E-state index in [0.29, 0.717) is 6.54 Å². The Bertz CT molecular complexity index is 363. The summed E-state index contributed by atoms with van der Waals surface area (Å²) in [5.41, 5.74) is 3.50. The van der Waals surface area contributed by atoms with Crippen LogP contribution in [0.3, 0.4) is 0 Å². The molecule has 1 amide bonds. The molecule has 0 unspecified atom stereocenters. The number of aryl methyl sites for hydroxylation is 2. The van der Waals surface area contributed by atoms with Gasteiger partial charge in [0.15, 0.2) is 0 Å². The quantitative estimate of drug-likeness (QED) is 0.844. The van der Waals surface area contributed by atoms with Crippen LogP contribution in [0.15, 0.2) is 12.1 Å². The van der Waals surface area contributed by atoms with E-state index in [1.54, 1.807) is 7.11 Å². The molecule has 0 aliphatic heterocycles. The molecule has 0 aliphatic rings. The van der Waals surface area contributed by atoms with Crippen molar-refractivity contribution in [1.82, 2.24) is 5.32 Å². The largest absolute Gasteiger partial charge is 0.496 e. The van der Waals surface area contributed by atoms with Crippen LogP contribution in [-0.2, 0) is 11.2 Å². The van der Waals surface area contributed by atoms with Crippen molar-refractivity contribution in [3.05, 3.63) is 28.8 Å². The third-order valence-electron chi connectivity index (χ3n) is 2.51. The SMILES string of the molecule is COc1c(C)cc(CCNC(C)=O)cc1C. The Morgan fingerprint density at radius 1 is 1.31 bits per heavy atom. The summed E-state index contributed by atoms with van der Waals surface area (Å²) in [5.74, 6) is 0.963. The zero-order chi connectivity index (χ0) is 12.1. The summed E-state index contributed by atoms with van der Waals surface area (Å²) in [6.45, 7) is 6.28. The third kappa shape index (κ3) is 3.26. The van der Waals surface area contributed by atoms with Gasteiger partial charge in [-0.25, -0.2) is 0 Å². The second-order valence-corrected chi connectivity index (χ2v) is 4.00. The third-order valence-corrected chi connectivity index (χ3v) is 2.51. The van der Waals surface area contributed by atoms with Gasteiger partial charge in [-0.2, -0.15) is 0 Å². The minimum Gasteiger partial charge on any atom is -0.496 e. The molecule has 0 heterocycles. The fraction of sp³-hybridized carbons (Fsp3) is 0.462. The number of benzene rings is 1. The number of rotatable bonds is 4. The zero-order valence-electron chi connectivity index (χ0n) is 10.4. The number of amides is 1. The Kier molecular flexibility index (Phi) is 4.35. The Hall–Kier alpha value is -1.51. The monoisotopic (exact) mass is 221 g/mol. The van der Waals surface area contributed by atoms with Gasteiger partial charge < -0.3 is 10.1 Å². The fourth-order valence-electron chi connectivity index (χ4n) is 1.89. The number of hydrogen-bond acceptors (Lipinski definition) is 2. The first-order valence-electron chi connectivity index (χ1n) is 5.43. The summed E-state index contributed by atoms with van der Waals surface area (Å²) >= 11 is 0. The standard InChI is InChI=1S/C13H19NO2/c1-9-7-12(5-6-14-11(3)15)8-10(2)13(9)16-4/h7-8H,5-6H2,1-4H3,(H,14,15). The zero-order valence-corrected chi connectivity index (χ0v) is 10.4. The first-order chi connectivity index (χ1) is 7.54. The van der Waals surface area contributed by atoms with Crippen molar-refractivity contribution < 1.29 is 9.53 Å². The van der Waals surface area contributed by atoms with Crippen LogP contribution in [0.1, 0.15) is 23.6 Å². The first-order valence-corrected chi connectivity index (χ1v) is 5.43. The van der Waals surface area contributed by atoms with E-state index in [1.807, 2.05) is 13.8 Å². The highest BCUT2D eigenvalue weighted by Gasteiger charge is 2.05. The van der Waals surface area contributed by atoms with E-state index >= 15 is 0 Å². The van der Waals surface area contributed by atoms with E-state index < -0.39 is 0 Å². The predicted molar refractivity (Wildman–Crippen MR) is 64.9 cm³/mol. The maximum absolute atomic E-state index is 10.7. The van der Waals surface area contributed by atoms with Gasteiger partial charge in [-0.1, -0.05) is 12.1 Å². The minimum absolute atomic E-state index is 0.0157. The highest BCUT2D eigenvalue weighted by Crippen LogP contribution is 2.24. The van der Waals surface area contributed by atoms with Gasteiger partial charge in [-0.05, 0) is 37.0 Å². The van der Waals surface area contributed by atoms with Crippen molar-refractivity contribution in [2.75, 3.05) is 13.7 Å². The Morgan fingerprint density at radius 3 is 2.31 bits per heavy atom. The van der Waals surface area contributed by atoms with Crippen molar-refractivity contribution >= 4 is 5.91 Å². The van der Waals surface area contributed by atoms with Crippen molar-refractivity contribution in [3.8, 4) is 5.75 Å². The molecule has 3 nitrogen and oxygen atoms in total. The van der Waals surface area contributed by atoms with E-state index in [2.05, 4.69) is 17.4 Å².